The summed E-state index contributed by atoms with van der Waals surface area (Å²) < 4.78 is 54.1. The second kappa shape index (κ2) is 11.3. The minimum absolute atomic E-state index is 0.0749. The Kier molecular flexibility index (Phi) is 8.10. The van der Waals surface area contributed by atoms with E-state index < -0.39 is 30.8 Å². The van der Waals surface area contributed by atoms with Crippen LogP contribution in [-0.2, 0) is 9.53 Å². The molecule has 0 radical (unpaired) electrons. The number of anilines is 1. The summed E-state index contributed by atoms with van der Waals surface area (Å²) in [5.41, 5.74) is 1.06. The van der Waals surface area contributed by atoms with Gasteiger partial charge in [0.05, 0.1) is 31.2 Å². The minimum atomic E-state index is -4.49. The van der Waals surface area contributed by atoms with E-state index in [-0.39, 0.29) is 36.4 Å². The highest BCUT2D eigenvalue weighted by molar-refractivity contribution is 6.05. The summed E-state index contributed by atoms with van der Waals surface area (Å²) >= 11 is 0. The van der Waals surface area contributed by atoms with E-state index in [9.17, 15) is 27.6 Å². The Bertz CT molecular complexity index is 1200. The number of rotatable bonds is 6. The molecule has 1 fully saturated rings. The highest BCUT2D eigenvalue weighted by Gasteiger charge is 2.39. The van der Waals surface area contributed by atoms with Crippen LogP contribution in [-0.4, -0.2) is 74.4 Å². The zero-order valence-electron chi connectivity index (χ0n) is 20.8. The van der Waals surface area contributed by atoms with Crippen molar-refractivity contribution >= 4 is 23.4 Å². The van der Waals surface area contributed by atoms with Gasteiger partial charge in [-0.1, -0.05) is 6.07 Å². The number of hydrogen-bond donors (Lipinski definition) is 2. The van der Waals surface area contributed by atoms with E-state index in [0.29, 0.717) is 35.6 Å². The smallest absolute Gasteiger partial charge is 0.405 e. The van der Waals surface area contributed by atoms with Crippen molar-refractivity contribution in [1.82, 2.24) is 10.2 Å². The number of carbonyl (C=O) groups excluding carboxylic acids is 3. The van der Waals surface area contributed by atoms with Crippen LogP contribution in [0.15, 0.2) is 42.5 Å². The van der Waals surface area contributed by atoms with Gasteiger partial charge in [0.2, 0.25) is 5.91 Å². The van der Waals surface area contributed by atoms with Crippen LogP contribution in [0.25, 0.3) is 0 Å². The van der Waals surface area contributed by atoms with Gasteiger partial charge in [0.15, 0.2) is 0 Å². The molecule has 0 aromatic heterocycles. The molecule has 12 heteroatoms. The van der Waals surface area contributed by atoms with Crippen LogP contribution in [0.3, 0.4) is 0 Å². The van der Waals surface area contributed by atoms with Crippen molar-refractivity contribution < 1.29 is 41.8 Å². The number of alkyl halides is 3. The molecular weight excluding hydrogens is 507 g/mol. The molecule has 2 aromatic rings. The number of amides is 3. The third-order valence-corrected chi connectivity index (χ3v) is 6.50. The predicted molar refractivity (Wildman–Crippen MR) is 130 cm³/mol. The first-order chi connectivity index (χ1) is 18.0. The molecule has 204 valence electrons. The van der Waals surface area contributed by atoms with Crippen LogP contribution in [0.5, 0.6) is 11.5 Å². The summed E-state index contributed by atoms with van der Waals surface area (Å²) in [6, 6.07) is 11.0. The van der Waals surface area contributed by atoms with Crippen LogP contribution in [0.1, 0.15) is 40.0 Å². The van der Waals surface area contributed by atoms with E-state index in [0.717, 1.165) is 0 Å². The van der Waals surface area contributed by atoms with E-state index in [1.165, 1.54) is 7.11 Å². The number of nitrogens with one attached hydrogen (secondary N) is 2. The second-order valence-electron chi connectivity index (χ2n) is 9.16. The Morgan fingerprint density at radius 1 is 1.16 bits per heavy atom. The lowest BCUT2D eigenvalue weighted by molar-refractivity contribution is -0.144. The Balaban J connectivity index is 1.43. The van der Waals surface area contributed by atoms with E-state index >= 15 is 0 Å². The Hall–Kier alpha value is -3.80. The molecular formula is C26H28F3N3O6. The summed E-state index contributed by atoms with van der Waals surface area (Å²) in [5, 5.41) is 4.63. The molecule has 2 aromatic carbocycles. The molecule has 3 atom stereocenters. The van der Waals surface area contributed by atoms with Gasteiger partial charge >= 0.3 is 6.18 Å². The lowest BCUT2D eigenvalue weighted by Crippen LogP contribution is -2.54. The van der Waals surface area contributed by atoms with Gasteiger partial charge in [0.1, 0.15) is 30.8 Å². The summed E-state index contributed by atoms with van der Waals surface area (Å²) in [6.07, 6.45) is -5.00. The first-order valence-electron chi connectivity index (χ1n) is 12.0. The lowest BCUT2D eigenvalue weighted by Gasteiger charge is -2.42. The Labute approximate surface area is 217 Å². The van der Waals surface area contributed by atoms with Crippen molar-refractivity contribution in [2.24, 2.45) is 0 Å². The molecule has 1 saturated heterocycles. The quantitative estimate of drug-likeness (QED) is 0.588. The van der Waals surface area contributed by atoms with Crippen LogP contribution in [0, 0.1) is 0 Å². The molecule has 0 bridgehead atoms. The largest absolute Gasteiger partial charge is 0.497 e. The average molecular weight is 536 g/mol. The Morgan fingerprint density at radius 3 is 2.68 bits per heavy atom. The summed E-state index contributed by atoms with van der Waals surface area (Å²) in [4.78, 5) is 39.5. The van der Waals surface area contributed by atoms with Crippen molar-refractivity contribution in [3.63, 3.8) is 0 Å². The molecule has 2 aliphatic heterocycles. The lowest BCUT2D eigenvalue weighted by atomic mass is 9.94. The topological polar surface area (TPSA) is 106 Å². The van der Waals surface area contributed by atoms with Crippen LogP contribution in [0.4, 0.5) is 18.9 Å². The summed E-state index contributed by atoms with van der Waals surface area (Å²) in [7, 11) is 3.14. The Morgan fingerprint density at radius 2 is 1.95 bits per heavy atom. The molecule has 4 rings (SSSR count). The fourth-order valence-electron chi connectivity index (χ4n) is 4.55. The van der Waals surface area contributed by atoms with Crippen molar-refractivity contribution in [3.8, 4) is 11.5 Å². The molecule has 2 heterocycles. The first-order valence-corrected chi connectivity index (χ1v) is 12.0. The van der Waals surface area contributed by atoms with Crippen molar-refractivity contribution in [2.75, 3.05) is 32.6 Å². The molecule has 3 amide bonds. The molecule has 0 aliphatic carbocycles. The number of ether oxygens (including phenoxy) is 3. The van der Waals surface area contributed by atoms with Gasteiger partial charge in [0, 0.05) is 18.3 Å². The van der Waals surface area contributed by atoms with Gasteiger partial charge in [-0.3, -0.25) is 14.4 Å². The SMILES string of the molecule is COc1cccc(C(=O)Nc2ccc3c(c2)C(=O)N(C)[C@@H]2CC[C@@H](CC(=O)NCC(F)(F)F)O[C@@H]2CO3)c1. The number of halogens is 3. The fraction of sp³-hybridized carbons (Fsp3) is 0.423. The molecule has 2 N–H and O–H groups in total. The fourth-order valence-corrected chi connectivity index (χ4v) is 4.55. The predicted octanol–water partition coefficient (Wildman–Crippen LogP) is 3.40. The normalized spacial score (nSPS) is 21.2. The monoisotopic (exact) mass is 535 g/mol. The zero-order valence-corrected chi connectivity index (χ0v) is 20.8. The van der Waals surface area contributed by atoms with Gasteiger partial charge < -0.3 is 29.7 Å². The van der Waals surface area contributed by atoms with E-state index in [1.54, 1.807) is 54.4 Å². The summed E-state index contributed by atoms with van der Waals surface area (Å²) in [5.74, 6) is -0.627. The van der Waals surface area contributed by atoms with Gasteiger partial charge in [-0.25, -0.2) is 0 Å². The first kappa shape index (κ1) is 27.2. The van der Waals surface area contributed by atoms with Crippen molar-refractivity contribution in [3.05, 3.63) is 53.6 Å². The number of benzene rings is 2. The van der Waals surface area contributed by atoms with Crippen LogP contribution in [0.2, 0.25) is 0 Å². The maximum Gasteiger partial charge on any atom is 0.405 e. The second-order valence-corrected chi connectivity index (χ2v) is 9.16. The number of likely N-dealkylation sites (N-methyl/N-ethyl adjacent to an activating group) is 1. The third kappa shape index (κ3) is 6.55. The number of carbonyl (C=O) groups is 3. The van der Waals surface area contributed by atoms with Crippen molar-refractivity contribution in [2.45, 2.75) is 43.7 Å². The molecule has 9 nitrogen and oxygen atoms in total. The number of methoxy groups -OCH3 is 1. The maximum atomic E-state index is 13.4. The minimum Gasteiger partial charge on any atom is -0.497 e. The molecule has 38 heavy (non-hydrogen) atoms. The van der Waals surface area contributed by atoms with E-state index in [2.05, 4.69) is 5.32 Å². The molecule has 0 saturated carbocycles. The average Bonchev–Trinajstić information content (AvgIpc) is 2.89. The molecule has 0 spiro atoms. The molecule has 0 unspecified atom stereocenters. The number of hydrogen-bond acceptors (Lipinski definition) is 6. The van der Waals surface area contributed by atoms with Crippen LogP contribution >= 0.6 is 0 Å². The molecule has 2 aliphatic rings. The number of fused-ring (bicyclic) bond motifs is 2. The standard InChI is InChI=1S/C26H28F3N3O6/c1-32-20-8-7-18(12-23(33)30-14-26(27,28)29)38-22(20)13-37-21-9-6-16(11-19(21)25(32)35)31-24(34)15-4-3-5-17(10-15)36-2/h3-6,9-11,18,20,22H,7-8,12-14H2,1-2H3,(H,30,33)(H,31,34)/t18-,20+,22+/m0/s1. The zero-order chi connectivity index (χ0) is 27.4. The number of nitrogens with zero attached hydrogens (tertiary/aromatic N) is 1. The third-order valence-electron chi connectivity index (χ3n) is 6.50. The van der Waals surface area contributed by atoms with E-state index in [4.69, 9.17) is 14.2 Å². The highest BCUT2D eigenvalue weighted by Crippen LogP contribution is 2.32. The summed E-state index contributed by atoms with van der Waals surface area (Å²) in [6.45, 7) is -1.32. The van der Waals surface area contributed by atoms with Crippen LogP contribution < -0.4 is 20.1 Å². The van der Waals surface area contributed by atoms with Gasteiger partial charge in [-0.05, 0) is 49.2 Å². The van der Waals surface area contributed by atoms with Gasteiger partial charge in [-0.2, -0.15) is 13.2 Å². The maximum absolute atomic E-state index is 13.4. The van der Waals surface area contributed by atoms with E-state index in [1.807, 2.05) is 5.32 Å². The van der Waals surface area contributed by atoms with Crippen molar-refractivity contribution in [1.29, 1.82) is 0 Å². The van der Waals surface area contributed by atoms with Gasteiger partial charge in [-0.15, -0.1) is 0 Å². The van der Waals surface area contributed by atoms with Gasteiger partial charge in [0.25, 0.3) is 11.8 Å². The highest BCUT2D eigenvalue weighted by atomic mass is 19.4.